The zero-order chi connectivity index (χ0) is 13.9. The van der Waals surface area contributed by atoms with Gasteiger partial charge in [-0.2, -0.15) is 0 Å². The van der Waals surface area contributed by atoms with E-state index in [0.29, 0.717) is 12.1 Å². The molecule has 0 aromatic heterocycles. The molecule has 1 heterocycles. The number of benzene rings is 1. The van der Waals surface area contributed by atoms with Crippen molar-refractivity contribution in [3.63, 3.8) is 0 Å². The van der Waals surface area contributed by atoms with Crippen LogP contribution in [-0.2, 0) is 0 Å². The number of halogens is 1. The fourth-order valence-electron chi connectivity index (χ4n) is 3.63. The maximum atomic E-state index is 5.90. The van der Waals surface area contributed by atoms with Gasteiger partial charge in [-0.15, -0.1) is 0 Å². The third-order valence-electron chi connectivity index (χ3n) is 4.82. The number of rotatable bonds is 3. The highest BCUT2D eigenvalue weighted by molar-refractivity contribution is 9.10. The molecule has 0 bridgehead atoms. The van der Waals surface area contributed by atoms with E-state index in [1.165, 1.54) is 37.7 Å². The van der Waals surface area contributed by atoms with E-state index in [0.717, 1.165) is 29.2 Å². The molecule has 0 amide bonds. The molecule has 1 saturated carbocycles. The number of nitrogens with one attached hydrogen (secondary N) is 1. The minimum atomic E-state index is 0.441. The topological polar surface area (TPSA) is 21.3 Å². The average molecular weight is 338 g/mol. The van der Waals surface area contributed by atoms with E-state index >= 15 is 0 Å². The van der Waals surface area contributed by atoms with Crippen molar-refractivity contribution in [2.45, 2.75) is 57.5 Å². The SMILES string of the molecule is CC(NC1CCCOc2cc(Br)ccc21)C1CCCC1. The first-order valence-electron chi connectivity index (χ1n) is 7.92. The van der Waals surface area contributed by atoms with Gasteiger partial charge in [0.2, 0.25) is 0 Å². The normalized spacial score (nSPS) is 24.8. The molecule has 2 nitrogen and oxygen atoms in total. The zero-order valence-corrected chi connectivity index (χ0v) is 13.8. The maximum Gasteiger partial charge on any atom is 0.125 e. The molecule has 3 rings (SSSR count). The van der Waals surface area contributed by atoms with Gasteiger partial charge in [-0.3, -0.25) is 0 Å². The van der Waals surface area contributed by atoms with Crippen LogP contribution in [0.4, 0.5) is 0 Å². The molecule has 0 saturated heterocycles. The molecule has 1 aromatic rings. The van der Waals surface area contributed by atoms with Crippen LogP contribution in [0.1, 0.15) is 57.1 Å². The quantitative estimate of drug-likeness (QED) is 0.852. The lowest BCUT2D eigenvalue weighted by Gasteiger charge is -2.27. The lowest BCUT2D eigenvalue weighted by atomic mass is 9.95. The van der Waals surface area contributed by atoms with Crippen LogP contribution in [0.15, 0.2) is 22.7 Å². The van der Waals surface area contributed by atoms with Crippen LogP contribution >= 0.6 is 15.9 Å². The largest absolute Gasteiger partial charge is 0.493 e. The first kappa shape index (κ1) is 14.4. The van der Waals surface area contributed by atoms with E-state index in [4.69, 9.17) is 4.74 Å². The van der Waals surface area contributed by atoms with Crippen molar-refractivity contribution in [2.75, 3.05) is 6.61 Å². The maximum absolute atomic E-state index is 5.90. The number of hydrogen-bond acceptors (Lipinski definition) is 2. The smallest absolute Gasteiger partial charge is 0.125 e. The molecule has 1 fully saturated rings. The van der Waals surface area contributed by atoms with Crippen molar-refractivity contribution < 1.29 is 4.74 Å². The van der Waals surface area contributed by atoms with Gasteiger partial charge in [-0.1, -0.05) is 34.8 Å². The van der Waals surface area contributed by atoms with Gasteiger partial charge in [0.15, 0.2) is 0 Å². The third-order valence-corrected chi connectivity index (χ3v) is 5.31. The summed E-state index contributed by atoms with van der Waals surface area (Å²) in [4.78, 5) is 0. The van der Waals surface area contributed by atoms with Gasteiger partial charge in [-0.05, 0) is 50.7 Å². The highest BCUT2D eigenvalue weighted by atomic mass is 79.9. The van der Waals surface area contributed by atoms with Gasteiger partial charge in [0.1, 0.15) is 5.75 Å². The molecule has 1 aliphatic carbocycles. The molecule has 2 aliphatic rings. The van der Waals surface area contributed by atoms with E-state index in [1.807, 2.05) is 0 Å². The van der Waals surface area contributed by atoms with Gasteiger partial charge >= 0.3 is 0 Å². The van der Waals surface area contributed by atoms with Gasteiger partial charge in [0, 0.05) is 22.1 Å². The van der Waals surface area contributed by atoms with Gasteiger partial charge in [0.25, 0.3) is 0 Å². The summed E-state index contributed by atoms with van der Waals surface area (Å²) in [7, 11) is 0. The lowest BCUT2D eigenvalue weighted by Crippen LogP contribution is -2.35. The molecule has 1 aliphatic heterocycles. The number of fused-ring (bicyclic) bond motifs is 1. The molecular weight excluding hydrogens is 314 g/mol. The van der Waals surface area contributed by atoms with Crippen LogP contribution in [0, 0.1) is 5.92 Å². The van der Waals surface area contributed by atoms with Crippen molar-refractivity contribution in [3.8, 4) is 5.75 Å². The summed E-state index contributed by atoms with van der Waals surface area (Å²) in [6, 6.07) is 7.50. The third kappa shape index (κ3) is 3.20. The van der Waals surface area contributed by atoms with E-state index in [2.05, 4.69) is 46.4 Å². The van der Waals surface area contributed by atoms with Crippen LogP contribution in [0.2, 0.25) is 0 Å². The van der Waals surface area contributed by atoms with Gasteiger partial charge < -0.3 is 10.1 Å². The molecular formula is C17H24BrNO. The summed E-state index contributed by atoms with van der Waals surface area (Å²) < 4.78 is 6.99. The Morgan fingerprint density at radius 3 is 2.80 bits per heavy atom. The summed E-state index contributed by atoms with van der Waals surface area (Å²) in [5.74, 6) is 1.91. The predicted molar refractivity (Wildman–Crippen MR) is 86.2 cm³/mol. The molecule has 2 atom stereocenters. The zero-order valence-electron chi connectivity index (χ0n) is 12.2. The Labute approximate surface area is 130 Å². The molecule has 2 unspecified atom stereocenters. The second kappa shape index (κ2) is 6.48. The van der Waals surface area contributed by atoms with E-state index in [9.17, 15) is 0 Å². The minimum Gasteiger partial charge on any atom is -0.493 e. The van der Waals surface area contributed by atoms with Crippen LogP contribution in [-0.4, -0.2) is 12.6 Å². The lowest BCUT2D eigenvalue weighted by molar-refractivity contribution is 0.309. The Morgan fingerprint density at radius 1 is 1.20 bits per heavy atom. The fourth-order valence-corrected chi connectivity index (χ4v) is 3.97. The molecule has 1 N–H and O–H groups in total. The Morgan fingerprint density at radius 2 is 2.00 bits per heavy atom. The van der Waals surface area contributed by atoms with Gasteiger partial charge in [-0.25, -0.2) is 0 Å². The highest BCUT2D eigenvalue weighted by Crippen LogP contribution is 2.35. The van der Waals surface area contributed by atoms with Crippen molar-refractivity contribution >= 4 is 15.9 Å². The molecule has 0 spiro atoms. The predicted octanol–water partition coefficient (Wildman–Crippen LogP) is 4.83. The van der Waals surface area contributed by atoms with E-state index in [-0.39, 0.29) is 0 Å². The summed E-state index contributed by atoms with van der Waals surface area (Å²) >= 11 is 3.54. The van der Waals surface area contributed by atoms with Crippen molar-refractivity contribution in [3.05, 3.63) is 28.2 Å². The first-order chi connectivity index (χ1) is 9.74. The Bertz CT molecular complexity index is 456. The van der Waals surface area contributed by atoms with E-state index < -0.39 is 0 Å². The standard InChI is InChI=1S/C17H24BrNO/c1-12(13-5-2-3-6-13)19-16-7-4-10-20-17-11-14(18)8-9-15(16)17/h8-9,11-13,16,19H,2-7,10H2,1H3. The summed E-state index contributed by atoms with van der Waals surface area (Å²) in [5.41, 5.74) is 1.33. The van der Waals surface area contributed by atoms with Crippen molar-refractivity contribution in [1.82, 2.24) is 5.32 Å². The Hall–Kier alpha value is -0.540. The van der Waals surface area contributed by atoms with Crippen LogP contribution in [0.25, 0.3) is 0 Å². The van der Waals surface area contributed by atoms with E-state index in [1.54, 1.807) is 0 Å². The van der Waals surface area contributed by atoms with Crippen molar-refractivity contribution in [1.29, 1.82) is 0 Å². The average Bonchev–Trinajstić information content (AvgIpc) is 2.90. The highest BCUT2D eigenvalue weighted by Gasteiger charge is 2.26. The molecule has 20 heavy (non-hydrogen) atoms. The molecule has 1 aromatic carbocycles. The van der Waals surface area contributed by atoms with Crippen LogP contribution < -0.4 is 10.1 Å². The summed E-state index contributed by atoms with van der Waals surface area (Å²) in [6.45, 7) is 3.19. The Balaban J connectivity index is 1.75. The molecule has 0 radical (unpaired) electrons. The minimum absolute atomic E-state index is 0.441. The van der Waals surface area contributed by atoms with Gasteiger partial charge in [0.05, 0.1) is 6.61 Å². The second-order valence-electron chi connectivity index (χ2n) is 6.23. The summed E-state index contributed by atoms with van der Waals surface area (Å²) in [6.07, 6.45) is 7.91. The Kier molecular flexibility index (Phi) is 4.67. The van der Waals surface area contributed by atoms with Crippen molar-refractivity contribution in [2.24, 2.45) is 5.92 Å². The summed E-state index contributed by atoms with van der Waals surface area (Å²) in [5, 5.41) is 3.88. The molecule has 110 valence electrons. The van der Waals surface area contributed by atoms with Crippen LogP contribution in [0.5, 0.6) is 5.75 Å². The number of ether oxygens (including phenoxy) is 1. The number of hydrogen-bond donors (Lipinski definition) is 1. The first-order valence-corrected chi connectivity index (χ1v) is 8.71. The molecule has 3 heteroatoms. The second-order valence-corrected chi connectivity index (χ2v) is 7.14. The fraction of sp³-hybridized carbons (Fsp3) is 0.647. The van der Waals surface area contributed by atoms with Crippen LogP contribution in [0.3, 0.4) is 0 Å². The monoisotopic (exact) mass is 337 g/mol.